The molecule has 1 N–H and O–H groups in total. The Morgan fingerprint density at radius 1 is 0.944 bits per heavy atom. The van der Waals surface area contributed by atoms with Gasteiger partial charge in [0.05, 0.1) is 0 Å². The number of nitrogens with one attached hydrogen (secondary N) is 1. The normalized spacial score (nSPS) is 12.1. The number of para-hydroxylation sites is 1. The first-order valence-electron chi connectivity index (χ1n) is 6.29. The maximum atomic E-state index is 3.38. The minimum absolute atomic E-state index is 0.344. The molecule has 2 heteroatoms. The molecular weight excluding hydrogens is 220 g/mol. The van der Waals surface area contributed by atoms with Crippen LogP contribution in [-0.4, -0.2) is 20.6 Å². The molecule has 1 atom stereocenters. The van der Waals surface area contributed by atoms with Gasteiger partial charge in [0, 0.05) is 25.3 Å². The number of benzene rings is 2. The maximum Gasteiger partial charge on any atom is 0.0495 e. The molecule has 2 nitrogen and oxygen atoms in total. The van der Waals surface area contributed by atoms with Crippen LogP contribution in [0.5, 0.6) is 0 Å². The standard InChI is InChI=1S/C16H20N2/c1-17-16(14-9-5-3-6-10-14)13-18(2)15-11-7-4-8-12-15/h3-12,16-17H,13H2,1-2H3. The number of hydrogen-bond donors (Lipinski definition) is 1. The highest BCUT2D eigenvalue weighted by Gasteiger charge is 2.11. The summed E-state index contributed by atoms with van der Waals surface area (Å²) >= 11 is 0. The summed E-state index contributed by atoms with van der Waals surface area (Å²) in [6.45, 7) is 0.949. The zero-order valence-corrected chi connectivity index (χ0v) is 11.0. The van der Waals surface area contributed by atoms with E-state index >= 15 is 0 Å². The predicted molar refractivity (Wildman–Crippen MR) is 78.0 cm³/mol. The third-order valence-electron chi connectivity index (χ3n) is 3.20. The third-order valence-corrected chi connectivity index (χ3v) is 3.20. The van der Waals surface area contributed by atoms with E-state index in [1.165, 1.54) is 11.3 Å². The molecule has 1 unspecified atom stereocenters. The summed E-state index contributed by atoms with van der Waals surface area (Å²) in [6.07, 6.45) is 0. The van der Waals surface area contributed by atoms with E-state index in [2.05, 4.69) is 71.9 Å². The first-order chi connectivity index (χ1) is 8.81. The number of rotatable bonds is 5. The Balaban J connectivity index is 2.07. The van der Waals surface area contributed by atoms with Gasteiger partial charge in [-0.1, -0.05) is 48.5 Å². The van der Waals surface area contributed by atoms with Crippen LogP contribution in [0.4, 0.5) is 5.69 Å². The Bertz CT molecular complexity index is 453. The van der Waals surface area contributed by atoms with E-state index in [1.807, 2.05) is 13.1 Å². The molecule has 0 bridgehead atoms. The van der Waals surface area contributed by atoms with Gasteiger partial charge in [-0.25, -0.2) is 0 Å². The van der Waals surface area contributed by atoms with Gasteiger partial charge < -0.3 is 10.2 Å². The monoisotopic (exact) mass is 240 g/mol. The summed E-state index contributed by atoms with van der Waals surface area (Å²) in [5, 5.41) is 3.38. The smallest absolute Gasteiger partial charge is 0.0495 e. The van der Waals surface area contributed by atoms with Crippen LogP contribution in [0.2, 0.25) is 0 Å². The van der Waals surface area contributed by atoms with Crippen LogP contribution >= 0.6 is 0 Å². The summed E-state index contributed by atoms with van der Waals surface area (Å²) in [7, 11) is 4.14. The Kier molecular flexibility index (Phi) is 4.37. The molecule has 94 valence electrons. The molecule has 0 aliphatic heterocycles. The predicted octanol–water partition coefficient (Wildman–Crippen LogP) is 3.08. The summed E-state index contributed by atoms with van der Waals surface area (Å²) in [4.78, 5) is 2.27. The molecule has 0 heterocycles. The molecule has 0 aliphatic carbocycles. The summed E-state index contributed by atoms with van der Waals surface area (Å²) in [5.74, 6) is 0. The van der Waals surface area contributed by atoms with Crippen molar-refractivity contribution in [2.75, 3.05) is 25.5 Å². The minimum Gasteiger partial charge on any atom is -0.373 e. The molecule has 18 heavy (non-hydrogen) atoms. The fourth-order valence-electron chi connectivity index (χ4n) is 2.11. The topological polar surface area (TPSA) is 15.3 Å². The average Bonchev–Trinajstić information content (AvgIpc) is 2.46. The molecule has 0 radical (unpaired) electrons. The zero-order valence-electron chi connectivity index (χ0n) is 11.0. The van der Waals surface area contributed by atoms with Gasteiger partial charge >= 0.3 is 0 Å². The van der Waals surface area contributed by atoms with Crippen molar-refractivity contribution in [2.24, 2.45) is 0 Å². The Morgan fingerprint density at radius 2 is 1.50 bits per heavy atom. The molecule has 2 aromatic rings. The minimum atomic E-state index is 0.344. The second-order valence-electron chi connectivity index (χ2n) is 4.47. The quantitative estimate of drug-likeness (QED) is 0.864. The van der Waals surface area contributed by atoms with E-state index in [4.69, 9.17) is 0 Å². The lowest BCUT2D eigenvalue weighted by atomic mass is 10.1. The van der Waals surface area contributed by atoms with Gasteiger partial charge in [-0.15, -0.1) is 0 Å². The van der Waals surface area contributed by atoms with Gasteiger partial charge in [-0.3, -0.25) is 0 Å². The van der Waals surface area contributed by atoms with Crippen molar-refractivity contribution in [2.45, 2.75) is 6.04 Å². The van der Waals surface area contributed by atoms with Gasteiger partial charge in [0.1, 0.15) is 0 Å². The number of likely N-dealkylation sites (N-methyl/N-ethyl adjacent to an activating group) is 2. The zero-order chi connectivity index (χ0) is 12.8. The maximum absolute atomic E-state index is 3.38. The van der Waals surface area contributed by atoms with Crippen LogP contribution in [0, 0.1) is 0 Å². The van der Waals surface area contributed by atoms with E-state index in [0.717, 1.165) is 6.54 Å². The van der Waals surface area contributed by atoms with Gasteiger partial charge in [0.2, 0.25) is 0 Å². The van der Waals surface area contributed by atoms with Gasteiger partial charge in [-0.05, 0) is 24.7 Å². The van der Waals surface area contributed by atoms with Crippen molar-refractivity contribution >= 4 is 5.69 Å². The lowest BCUT2D eigenvalue weighted by Gasteiger charge is -2.26. The highest BCUT2D eigenvalue weighted by atomic mass is 15.1. The Hall–Kier alpha value is -1.80. The first-order valence-corrected chi connectivity index (χ1v) is 6.29. The van der Waals surface area contributed by atoms with Crippen molar-refractivity contribution in [3.63, 3.8) is 0 Å². The lowest BCUT2D eigenvalue weighted by Crippen LogP contribution is -2.31. The second-order valence-corrected chi connectivity index (χ2v) is 4.47. The van der Waals surface area contributed by atoms with E-state index in [0.29, 0.717) is 6.04 Å². The van der Waals surface area contributed by atoms with Crippen molar-refractivity contribution in [3.8, 4) is 0 Å². The first kappa shape index (κ1) is 12.7. The third kappa shape index (κ3) is 3.11. The largest absolute Gasteiger partial charge is 0.373 e. The number of nitrogens with zero attached hydrogens (tertiary/aromatic N) is 1. The fraction of sp³-hybridized carbons (Fsp3) is 0.250. The molecule has 0 saturated carbocycles. The van der Waals surface area contributed by atoms with Gasteiger partial charge in [0.25, 0.3) is 0 Å². The summed E-state index contributed by atoms with van der Waals surface area (Å²) in [5.41, 5.74) is 2.57. The van der Waals surface area contributed by atoms with Crippen LogP contribution in [0.3, 0.4) is 0 Å². The average molecular weight is 240 g/mol. The Morgan fingerprint density at radius 3 is 2.06 bits per heavy atom. The molecule has 0 saturated heterocycles. The van der Waals surface area contributed by atoms with Gasteiger partial charge in [-0.2, -0.15) is 0 Å². The lowest BCUT2D eigenvalue weighted by molar-refractivity contribution is 0.589. The SMILES string of the molecule is CNC(CN(C)c1ccccc1)c1ccccc1. The van der Waals surface area contributed by atoms with Crippen LogP contribution < -0.4 is 10.2 Å². The molecule has 2 aromatic carbocycles. The van der Waals surface area contributed by atoms with Crippen molar-refractivity contribution in [1.29, 1.82) is 0 Å². The van der Waals surface area contributed by atoms with E-state index in [-0.39, 0.29) is 0 Å². The van der Waals surface area contributed by atoms with Crippen LogP contribution in [0.25, 0.3) is 0 Å². The summed E-state index contributed by atoms with van der Waals surface area (Å²) in [6, 6.07) is 21.4. The Labute approximate surface area is 109 Å². The second kappa shape index (κ2) is 6.22. The molecular formula is C16H20N2. The van der Waals surface area contributed by atoms with E-state index < -0.39 is 0 Å². The van der Waals surface area contributed by atoms with Crippen molar-refractivity contribution in [3.05, 3.63) is 66.2 Å². The molecule has 2 rings (SSSR count). The summed E-state index contributed by atoms with van der Waals surface area (Å²) < 4.78 is 0. The van der Waals surface area contributed by atoms with Crippen LogP contribution in [-0.2, 0) is 0 Å². The van der Waals surface area contributed by atoms with E-state index in [1.54, 1.807) is 0 Å². The van der Waals surface area contributed by atoms with Crippen molar-refractivity contribution < 1.29 is 0 Å². The van der Waals surface area contributed by atoms with Crippen LogP contribution in [0.15, 0.2) is 60.7 Å². The molecule has 0 amide bonds. The molecule has 0 fully saturated rings. The van der Waals surface area contributed by atoms with E-state index in [9.17, 15) is 0 Å². The highest BCUT2D eigenvalue weighted by molar-refractivity contribution is 5.45. The molecule has 0 aromatic heterocycles. The van der Waals surface area contributed by atoms with Gasteiger partial charge in [0.15, 0.2) is 0 Å². The number of hydrogen-bond acceptors (Lipinski definition) is 2. The molecule has 0 aliphatic rings. The van der Waals surface area contributed by atoms with Crippen molar-refractivity contribution in [1.82, 2.24) is 5.32 Å². The van der Waals surface area contributed by atoms with Crippen LogP contribution in [0.1, 0.15) is 11.6 Å². The number of anilines is 1. The fourth-order valence-corrected chi connectivity index (χ4v) is 2.11. The molecule has 0 spiro atoms. The highest BCUT2D eigenvalue weighted by Crippen LogP contribution is 2.17.